The van der Waals surface area contributed by atoms with E-state index in [2.05, 4.69) is 4.98 Å². The maximum absolute atomic E-state index is 14.3. The van der Waals surface area contributed by atoms with E-state index in [9.17, 15) is 14.0 Å². The van der Waals surface area contributed by atoms with E-state index in [0.717, 1.165) is 0 Å². The summed E-state index contributed by atoms with van der Waals surface area (Å²) in [5.41, 5.74) is 6.41. The maximum Gasteiger partial charge on any atom is 0.415 e. The second kappa shape index (κ2) is 5.44. The molecule has 6 nitrogen and oxygen atoms in total. The van der Waals surface area contributed by atoms with Gasteiger partial charge in [0.1, 0.15) is 5.82 Å². The summed E-state index contributed by atoms with van der Waals surface area (Å²) in [7, 11) is 0. The highest BCUT2D eigenvalue weighted by atomic mass is 19.1. The first-order valence-electron chi connectivity index (χ1n) is 6.53. The van der Waals surface area contributed by atoms with E-state index < -0.39 is 23.9 Å². The number of hydrogen-bond acceptors (Lipinski definition) is 4. The fraction of sp³-hybridized carbons (Fsp3) is 0.133. The number of rotatable bonds is 3. The molecule has 22 heavy (non-hydrogen) atoms. The molecule has 1 aromatic heterocycles. The van der Waals surface area contributed by atoms with E-state index in [1.165, 1.54) is 11.0 Å². The minimum atomic E-state index is -1.02. The smallest absolute Gasteiger partial charge is 0.415 e. The van der Waals surface area contributed by atoms with Gasteiger partial charge < -0.3 is 10.5 Å². The molecule has 2 aromatic rings. The zero-order valence-corrected chi connectivity index (χ0v) is 11.4. The second-order valence-corrected chi connectivity index (χ2v) is 4.79. The van der Waals surface area contributed by atoms with Crippen molar-refractivity contribution in [2.45, 2.75) is 6.10 Å². The minimum Gasteiger partial charge on any atom is -0.434 e. The number of carbonyl (C=O) groups excluding carboxylic acids is 2. The first-order valence-corrected chi connectivity index (χ1v) is 6.53. The number of hydrogen-bond donors (Lipinski definition) is 1. The Labute approximate surface area is 125 Å². The van der Waals surface area contributed by atoms with Gasteiger partial charge in [0.2, 0.25) is 0 Å². The Bertz CT molecular complexity index is 736. The molecule has 0 spiro atoms. The third-order valence-corrected chi connectivity index (χ3v) is 3.37. The molecule has 2 heterocycles. The Kier molecular flexibility index (Phi) is 3.46. The number of nitrogens with zero attached hydrogens (tertiary/aromatic N) is 2. The van der Waals surface area contributed by atoms with Crippen molar-refractivity contribution in [3.05, 3.63) is 48.5 Å². The Balaban J connectivity index is 1.90. The first kappa shape index (κ1) is 14.0. The molecule has 1 aliphatic rings. The largest absolute Gasteiger partial charge is 0.434 e. The van der Waals surface area contributed by atoms with Crippen LogP contribution in [0.15, 0.2) is 42.7 Å². The van der Waals surface area contributed by atoms with Crippen LogP contribution in [0.4, 0.5) is 14.9 Å². The molecule has 1 fully saturated rings. The van der Waals surface area contributed by atoms with Crippen LogP contribution in [0.2, 0.25) is 0 Å². The summed E-state index contributed by atoms with van der Waals surface area (Å²) in [6.45, 7) is -0.0279. The number of aromatic nitrogens is 1. The van der Waals surface area contributed by atoms with Crippen LogP contribution in [0, 0.1) is 5.82 Å². The predicted molar refractivity (Wildman–Crippen MR) is 76.4 cm³/mol. The quantitative estimate of drug-likeness (QED) is 0.935. The van der Waals surface area contributed by atoms with Crippen molar-refractivity contribution in [1.29, 1.82) is 0 Å². The highest BCUT2D eigenvalue weighted by Crippen LogP contribution is 2.28. The van der Waals surface area contributed by atoms with Crippen LogP contribution in [0.5, 0.6) is 0 Å². The van der Waals surface area contributed by atoms with Crippen LogP contribution in [-0.2, 0) is 9.53 Å². The average molecular weight is 301 g/mol. The van der Waals surface area contributed by atoms with Crippen molar-refractivity contribution in [3.8, 4) is 11.1 Å². The number of nitrogens with two attached hydrogens (primary N) is 1. The van der Waals surface area contributed by atoms with E-state index in [-0.39, 0.29) is 6.54 Å². The molecule has 0 saturated carbocycles. The average Bonchev–Trinajstić information content (AvgIpc) is 2.90. The van der Waals surface area contributed by atoms with Crippen molar-refractivity contribution in [2.75, 3.05) is 11.4 Å². The van der Waals surface area contributed by atoms with E-state index in [0.29, 0.717) is 16.8 Å². The van der Waals surface area contributed by atoms with E-state index in [1.54, 1.807) is 36.7 Å². The summed E-state index contributed by atoms with van der Waals surface area (Å²) < 4.78 is 19.1. The summed E-state index contributed by atoms with van der Waals surface area (Å²) in [6.07, 6.45) is 1.40. The maximum atomic E-state index is 14.3. The molecule has 1 saturated heterocycles. The predicted octanol–water partition coefficient (Wildman–Crippen LogP) is 1.70. The number of anilines is 1. The first-order chi connectivity index (χ1) is 10.6. The van der Waals surface area contributed by atoms with Crippen LogP contribution in [0.3, 0.4) is 0 Å². The van der Waals surface area contributed by atoms with Crippen molar-refractivity contribution < 1.29 is 18.7 Å². The van der Waals surface area contributed by atoms with Gasteiger partial charge in [0.25, 0.3) is 5.91 Å². The summed E-state index contributed by atoms with van der Waals surface area (Å²) in [4.78, 5) is 27.9. The third-order valence-electron chi connectivity index (χ3n) is 3.37. The zero-order chi connectivity index (χ0) is 15.7. The molecule has 112 valence electrons. The highest BCUT2D eigenvalue weighted by molar-refractivity contribution is 5.95. The van der Waals surface area contributed by atoms with Gasteiger partial charge in [-0.05, 0) is 24.3 Å². The number of ether oxygens (including phenoxy) is 1. The number of cyclic esters (lactones) is 1. The molecule has 3 rings (SSSR count). The molecule has 1 atom stereocenters. The number of halogens is 1. The number of benzene rings is 1. The van der Waals surface area contributed by atoms with Gasteiger partial charge in [-0.3, -0.25) is 14.7 Å². The summed E-state index contributed by atoms with van der Waals surface area (Å²) in [5, 5.41) is 0. The third kappa shape index (κ3) is 2.48. The van der Waals surface area contributed by atoms with Crippen LogP contribution < -0.4 is 10.6 Å². The van der Waals surface area contributed by atoms with Crippen LogP contribution >= 0.6 is 0 Å². The Morgan fingerprint density at radius 1 is 1.41 bits per heavy atom. The SMILES string of the molecule is NC(=O)C1CN(c2ccc(-c3cccnc3)c(F)c2)C(=O)O1. The standard InChI is InChI=1S/C15H12FN3O3/c16-12-6-10(19-8-13(14(17)20)22-15(19)21)3-4-11(12)9-2-1-5-18-7-9/h1-7,13H,8H2,(H2,17,20). The number of primary amides is 1. The molecule has 0 radical (unpaired) electrons. The Morgan fingerprint density at radius 3 is 2.82 bits per heavy atom. The molecule has 1 aromatic carbocycles. The number of carbonyl (C=O) groups is 2. The van der Waals surface area contributed by atoms with Crippen LogP contribution in [-0.4, -0.2) is 29.6 Å². The number of amides is 2. The van der Waals surface area contributed by atoms with Gasteiger partial charge in [-0.2, -0.15) is 0 Å². The fourth-order valence-corrected chi connectivity index (χ4v) is 2.25. The molecule has 0 aliphatic carbocycles. The molecular formula is C15H12FN3O3. The summed E-state index contributed by atoms with van der Waals surface area (Å²) in [5.74, 6) is -1.23. The number of pyridine rings is 1. The lowest BCUT2D eigenvalue weighted by molar-refractivity contribution is -0.124. The lowest BCUT2D eigenvalue weighted by Crippen LogP contribution is -2.32. The van der Waals surface area contributed by atoms with Gasteiger partial charge in [0, 0.05) is 23.5 Å². The summed E-state index contributed by atoms with van der Waals surface area (Å²) in [6, 6.07) is 7.78. The van der Waals surface area contributed by atoms with Crippen molar-refractivity contribution in [2.24, 2.45) is 5.73 Å². The lowest BCUT2D eigenvalue weighted by Gasteiger charge is -2.14. The molecule has 1 unspecified atom stereocenters. The van der Waals surface area contributed by atoms with Crippen LogP contribution in [0.1, 0.15) is 0 Å². The second-order valence-electron chi connectivity index (χ2n) is 4.79. The topological polar surface area (TPSA) is 85.5 Å². The highest BCUT2D eigenvalue weighted by Gasteiger charge is 2.36. The molecule has 7 heteroatoms. The molecule has 0 bridgehead atoms. The van der Waals surface area contributed by atoms with E-state index in [4.69, 9.17) is 10.5 Å². The van der Waals surface area contributed by atoms with Gasteiger partial charge in [-0.1, -0.05) is 6.07 Å². The van der Waals surface area contributed by atoms with Gasteiger partial charge in [-0.15, -0.1) is 0 Å². The van der Waals surface area contributed by atoms with Gasteiger partial charge in [0.15, 0.2) is 6.10 Å². The molecule has 2 amide bonds. The van der Waals surface area contributed by atoms with Crippen molar-refractivity contribution in [3.63, 3.8) is 0 Å². The van der Waals surface area contributed by atoms with E-state index in [1.807, 2.05) is 0 Å². The lowest BCUT2D eigenvalue weighted by atomic mass is 10.1. The van der Waals surface area contributed by atoms with Crippen molar-refractivity contribution in [1.82, 2.24) is 4.98 Å². The summed E-state index contributed by atoms with van der Waals surface area (Å²) >= 11 is 0. The minimum absolute atomic E-state index is 0.0279. The van der Waals surface area contributed by atoms with Gasteiger partial charge in [-0.25, -0.2) is 9.18 Å². The van der Waals surface area contributed by atoms with Crippen molar-refractivity contribution >= 4 is 17.7 Å². The molecule has 2 N–H and O–H groups in total. The normalized spacial score (nSPS) is 17.4. The van der Waals surface area contributed by atoms with E-state index >= 15 is 0 Å². The van der Waals surface area contributed by atoms with Crippen LogP contribution in [0.25, 0.3) is 11.1 Å². The zero-order valence-electron chi connectivity index (χ0n) is 11.4. The monoisotopic (exact) mass is 301 g/mol. The molecule has 1 aliphatic heterocycles. The van der Waals surface area contributed by atoms with Gasteiger partial charge in [0.05, 0.1) is 12.2 Å². The Hall–Kier alpha value is -2.96. The fourth-order valence-electron chi connectivity index (χ4n) is 2.25. The molecular weight excluding hydrogens is 289 g/mol. The Morgan fingerprint density at radius 2 is 2.23 bits per heavy atom. The van der Waals surface area contributed by atoms with Gasteiger partial charge >= 0.3 is 6.09 Å².